The molecule has 0 aromatic heterocycles. The lowest BCUT2D eigenvalue weighted by atomic mass is 10.1. The molecule has 0 aliphatic carbocycles. The third kappa shape index (κ3) is 8.17. The molecule has 6 rings (SSSR count). The average molecular weight is 843 g/mol. The summed E-state index contributed by atoms with van der Waals surface area (Å²) in [6, 6.07) is 18.4. The molecule has 2 amide bonds. The van der Waals surface area contributed by atoms with Gasteiger partial charge in [0, 0.05) is 44.3 Å². The number of benzene rings is 6. The number of carbonyl (C=O) groups is 1. The lowest BCUT2D eigenvalue weighted by Crippen LogP contribution is -2.21. The maximum absolute atomic E-state index is 13.2. The summed E-state index contributed by atoms with van der Waals surface area (Å²) in [5.74, 6) is -0.581. The van der Waals surface area contributed by atoms with Crippen molar-refractivity contribution in [3.05, 3.63) is 108 Å². The predicted octanol–water partition coefficient (Wildman–Crippen LogP) is 5.76. The minimum atomic E-state index is -4.71. The average Bonchev–Trinajstić information content (AvgIpc) is 3.08. The van der Waals surface area contributed by atoms with E-state index < -0.39 is 56.1 Å². The molecule has 0 fully saturated rings. The lowest BCUT2D eigenvalue weighted by Gasteiger charge is -2.15. The maximum atomic E-state index is 13.2. The van der Waals surface area contributed by atoms with Crippen LogP contribution < -0.4 is 20.1 Å². The smallest absolute Gasteiger partial charge is 0.323 e. The van der Waals surface area contributed by atoms with Crippen LogP contribution in [0.25, 0.3) is 21.5 Å². The molecule has 6 aromatic carbocycles. The first-order valence-electron chi connectivity index (χ1n) is 15.8. The molecule has 0 saturated carbocycles. The lowest BCUT2D eigenvalue weighted by molar-refractivity contribution is 0.262. The van der Waals surface area contributed by atoms with Crippen molar-refractivity contribution in [1.29, 1.82) is 0 Å². The number of aromatic hydroxyl groups is 2. The molecule has 0 radical (unpaired) electrons. The van der Waals surface area contributed by atoms with E-state index in [1.54, 1.807) is 0 Å². The van der Waals surface area contributed by atoms with Crippen LogP contribution in [0.15, 0.2) is 117 Å². The first kappa shape index (κ1) is 39.7. The summed E-state index contributed by atoms with van der Waals surface area (Å²) < 4.78 is 124. The summed E-state index contributed by atoms with van der Waals surface area (Å²) in [7, 11) is -18.0. The van der Waals surface area contributed by atoms with Gasteiger partial charge in [0.25, 0.3) is 40.3 Å². The summed E-state index contributed by atoms with van der Waals surface area (Å²) in [5.41, 5.74) is 0.973. The second kappa shape index (κ2) is 14.3. The molecular formula is C35H30N4O13S4. The van der Waals surface area contributed by atoms with Crippen LogP contribution in [-0.2, 0) is 40.3 Å². The third-order valence-corrected chi connectivity index (χ3v) is 13.1. The molecule has 0 atom stereocenters. The first-order valence-corrected chi connectivity index (χ1v) is 21.7. The van der Waals surface area contributed by atoms with Crippen LogP contribution in [-0.4, -0.2) is 59.0 Å². The van der Waals surface area contributed by atoms with Gasteiger partial charge in [0.2, 0.25) is 0 Å². The minimum absolute atomic E-state index is 0.0575. The fourth-order valence-corrected chi connectivity index (χ4v) is 9.42. The summed E-state index contributed by atoms with van der Waals surface area (Å²) >= 11 is 0. The van der Waals surface area contributed by atoms with Crippen molar-refractivity contribution in [1.82, 2.24) is 0 Å². The van der Waals surface area contributed by atoms with E-state index in [9.17, 15) is 57.8 Å². The Kier molecular flexibility index (Phi) is 10.1. The fraction of sp³-hybridized carbons (Fsp3) is 0.0571. The van der Waals surface area contributed by atoms with Gasteiger partial charge in [-0.15, -0.1) is 0 Å². The first-order chi connectivity index (χ1) is 26.0. The van der Waals surface area contributed by atoms with E-state index in [2.05, 4.69) is 20.1 Å². The van der Waals surface area contributed by atoms with Gasteiger partial charge < -0.3 is 20.8 Å². The monoisotopic (exact) mass is 842 g/mol. The standard InChI is InChI=1S/C35H30N4O13S4/c1-19-15-23(53(43,44)38-21-3-7-25-27(17-21)33(55(47,48)49)13-11-31(25)40)5-9-29(19)36-35(42)37-30-10-6-24(16-20(30)2)54(45,46)39-22-4-8-26-28(18-22)34(56(50,51)52)14-12-32(26)41/h3-18,38-41H,1-2H3,(H2,36,37,42)(H,47,48,49)(H,50,51,52). The Morgan fingerprint density at radius 3 is 1.20 bits per heavy atom. The number of fused-ring (bicyclic) bond motifs is 2. The number of amides is 2. The molecule has 0 saturated heterocycles. The highest BCUT2D eigenvalue weighted by atomic mass is 32.2. The zero-order valence-corrected chi connectivity index (χ0v) is 32.1. The maximum Gasteiger partial charge on any atom is 0.323 e. The van der Waals surface area contributed by atoms with Gasteiger partial charge in [-0.1, -0.05) is 0 Å². The van der Waals surface area contributed by atoms with Crippen molar-refractivity contribution in [2.75, 3.05) is 20.1 Å². The van der Waals surface area contributed by atoms with E-state index in [0.29, 0.717) is 11.1 Å². The van der Waals surface area contributed by atoms with Gasteiger partial charge in [-0.05, 0) is 122 Å². The number of phenolic OH excluding ortho intramolecular Hbond substituents is 2. The number of carbonyl (C=O) groups excluding carboxylic acids is 1. The van der Waals surface area contributed by atoms with E-state index in [1.807, 2.05) is 0 Å². The zero-order valence-electron chi connectivity index (χ0n) is 28.8. The Bertz CT molecular complexity index is 2880. The van der Waals surface area contributed by atoms with Crippen LogP contribution in [0.2, 0.25) is 0 Å². The van der Waals surface area contributed by atoms with E-state index in [4.69, 9.17) is 0 Å². The molecule has 0 bridgehead atoms. The SMILES string of the molecule is Cc1cc(S(=O)(=O)Nc2ccc3c(O)ccc(S(=O)(=O)O)c3c2)ccc1NC(=O)Nc1ccc(S(=O)(=O)Nc2ccc3c(O)ccc(S(=O)(=O)O)c3c2)cc1C. The fourth-order valence-electron chi connectivity index (χ4n) is 5.78. The van der Waals surface area contributed by atoms with Crippen LogP contribution in [0.1, 0.15) is 11.1 Å². The highest BCUT2D eigenvalue weighted by Crippen LogP contribution is 2.35. The van der Waals surface area contributed by atoms with Crippen molar-refractivity contribution in [2.24, 2.45) is 0 Å². The molecule has 6 aromatic rings. The van der Waals surface area contributed by atoms with E-state index in [-0.39, 0.29) is 65.6 Å². The second-order valence-corrected chi connectivity index (χ2v) is 18.5. The summed E-state index contributed by atoms with van der Waals surface area (Å²) in [5, 5.41) is 25.3. The summed E-state index contributed by atoms with van der Waals surface area (Å²) in [6.45, 7) is 3.07. The molecular weight excluding hydrogens is 813 g/mol. The summed E-state index contributed by atoms with van der Waals surface area (Å²) in [4.78, 5) is 11.4. The highest BCUT2D eigenvalue weighted by Gasteiger charge is 2.22. The molecule has 8 N–H and O–H groups in total. The number of anilines is 4. The molecule has 0 heterocycles. The number of phenols is 2. The summed E-state index contributed by atoms with van der Waals surface area (Å²) in [6.07, 6.45) is 0. The van der Waals surface area contributed by atoms with Crippen LogP contribution in [0.5, 0.6) is 11.5 Å². The Morgan fingerprint density at radius 1 is 0.482 bits per heavy atom. The molecule has 292 valence electrons. The van der Waals surface area contributed by atoms with Crippen molar-refractivity contribution in [3.8, 4) is 11.5 Å². The van der Waals surface area contributed by atoms with Crippen molar-refractivity contribution >= 4 is 90.6 Å². The number of aryl methyl sites for hydroxylation is 2. The normalized spacial score (nSPS) is 12.4. The second-order valence-electron chi connectivity index (χ2n) is 12.4. The molecule has 21 heteroatoms. The molecule has 56 heavy (non-hydrogen) atoms. The highest BCUT2D eigenvalue weighted by molar-refractivity contribution is 7.93. The van der Waals surface area contributed by atoms with E-state index >= 15 is 0 Å². The van der Waals surface area contributed by atoms with Gasteiger partial charge in [0.15, 0.2) is 0 Å². The predicted molar refractivity (Wildman–Crippen MR) is 207 cm³/mol. The quantitative estimate of drug-likeness (QED) is 0.0763. The van der Waals surface area contributed by atoms with Crippen molar-refractivity contribution in [2.45, 2.75) is 33.4 Å². The van der Waals surface area contributed by atoms with Crippen LogP contribution in [0.4, 0.5) is 27.5 Å². The number of rotatable bonds is 10. The number of hydrogen-bond acceptors (Lipinski definition) is 11. The van der Waals surface area contributed by atoms with Crippen LogP contribution >= 0.6 is 0 Å². The third-order valence-electron chi connectivity index (χ3n) is 8.48. The minimum Gasteiger partial charge on any atom is -0.507 e. The largest absolute Gasteiger partial charge is 0.507 e. The Hall–Kier alpha value is -5.97. The van der Waals surface area contributed by atoms with E-state index in [1.165, 1.54) is 74.5 Å². The Balaban J connectivity index is 1.15. The zero-order chi connectivity index (χ0) is 41.0. The topological polar surface area (TPSA) is 283 Å². The molecule has 0 unspecified atom stereocenters. The van der Waals surface area contributed by atoms with Crippen LogP contribution in [0.3, 0.4) is 0 Å². The van der Waals surface area contributed by atoms with E-state index in [0.717, 1.165) is 36.4 Å². The Labute approximate surface area is 320 Å². The van der Waals surface area contributed by atoms with Gasteiger partial charge in [0.05, 0.1) is 9.79 Å². The molecule has 0 aliphatic rings. The molecule has 0 spiro atoms. The number of hydrogen-bond donors (Lipinski definition) is 8. The van der Waals surface area contributed by atoms with Gasteiger partial charge in [-0.2, -0.15) is 16.8 Å². The molecule has 0 aliphatic heterocycles. The van der Waals surface area contributed by atoms with Crippen molar-refractivity contribution in [3.63, 3.8) is 0 Å². The van der Waals surface area contributed by atoms with Crippen molar-refractivity contribution < 1.29 is 57.8 Å². The number of nitrogens with one attached hydrogen (secondary N) is 4. The van der Waals surface area contributed by atoms with Gasteiger partial charge >= 0.3 is 6.03 Å². The number of sulfonamides is 2. The Morgan fingerprint density at radius 2 is 0.857 bits per heavy atom. The number of urea groups is 1. The van der Waals surface area contributed by atoms with Gasteiger partial charge in [-0.25, -0.2) is 21.6 Å². The van der Waals surface area contributed by atoms with Gasteiger partial charge in [0.1, 0.15) is 21.3 Å². The van der Waals surface area contributed by atoms with Gasteiger partial charge in [-0.3, -0.25) is 18.5 Å². The van der Waals surface area contributed by atoms with Crippen LogP contribution in [0, 0.1) is 13.8 Å². The molecule has 17 nitrogen and oxygen atoms in total.